The number of carbonyl (C=O) groups is 2. The minimum absolute atomic E-state index is 0.0244. The zero-order valence-corrected chi connectivity index (χ0v) is 7.40. The summed E-state index contributed by atoms with van der Waals surface area (Å²) in [5.74, 6) is -0.392. The lowest BCUT2D eigenvalue weighted by atomic mass is 9.81. The second-order valence-electron chi connectivity index (χ2n) is 4.08. The molecule has 3 saturated heterocycles. The number of fused-ring (bicyclic) bond motifs is 5. The van der Waals surface area contributed by atoms with Crippen LogP contribution in [0.3, 0.4) is 0 Å². The number of carbonyl (C=O) groups excluding carboxylic acids is 2. The fourth-order valence-corrected chi connectivity index (χ4v) is 2.86. The number of likely N-dealkylation sites (tertiary alicyclic amines) is 1. The molecule has 70 valence electrons. The zero-order valence-electron chi connectivity index (χ0n) is 7.40. The van der Waals surface area contributed by atoms with Gasteiger partial charge < -0.3 is 4.74 Å². The molecule has 0 aromatic heterocycles. The fourth-order valence-electron chi connectivity index (χ4n) is 2.86. The van der Waals surface area contributed by atoms with Crippen LogP contribution in [0.15, 0.2) is 0 Å². The first-order valence-corrected chi connectivity index (χ1v) is 4.67. The van der Waals surface area contributed by atoms with Gasteiger partial charge in [-0.3, -0.25) is 14.5 Å². The summed E-state index contributed by atoms with van der Waals surface area (Å²) in [7, 11) is 1.57. The molecule has 3 aliphatic rings. The number of hydrogen-bond acceptors (Lipinski definition) is 3. The molecule has 2 bridgehead atoms. The predicted molar refractivity (Wildman–Crippen MR) is 42.7 cm³/mol. The molecule has 3 aliphatic heterocycles. The average Bonchev–Trinajstić information content (AvgIpc) is 2.76. The van der Waals surface area contributed by atoms with Gasteiger partial charge in [0.15, 0.2) is 0 Å². The average molecular weight is 181 g/mol. The number of nitrogens with zero attached hydrogens (tertiary/aromatic N) is 1. The van der Waals surface area contributed by atoms with Crippen molar-refractivity contribution in [2.75, 3.05) is 7.05 Å². The highest BCUT2D eigenvalue weighted by molar-refractivity contribution is 6.06. The summed E-state index contributed by atoms with van der Waals surface area (Å²) in [4.78, 5) is 24.5. The third-order valence-electron chi connectivity index (χ3n) is 3.50. The van der Waals surface area contributed by atoms with Crippen molar-refractivity contribution < 1.29 is 14.3 Å². The lowest BCUT2D eigenvalue weighted by molar-refractivity contribution is -0.140. The maximum Gasteiger partial charge on any atom is 0.235 e. The van der Waals surface area contributed by atoms with Gasteiger partial charge >= 0.3 is 0 Å². The van der Waals surface area contributed by atoms with E-state index in [1.807, 2.05) is 0 Å². The quantitative estimate of drug-likeness (QED) is 0.485. The van der Waals surface area contributed by atoms with Crippen molar-refractivity contribution in [2.45, 2.75) is 25.0 Å². The van der Waals surface area contributed by atoms with E-state index in [4.69, 9.17) is 4.74 Å². The minimum Gasteiger partial charge on any atom is -0.373 e. The molecular formula is C9H11NO3. The highest BCUT2D eigenvalue weighted by atomic mass is 16.5. The predicted octanol–water partition coefficient (Wildman–Crippen LogP) is -0.221. The Morgan fingerprint density at radius 1 is 1.15 bits per heavy atom. The van der Waals surface area contributed by atoms with E-state index in [1.54, 1.807) is 7.05 Å². The van der Waals surface area contributed by atoms with Gasteiger partial charge in [-0.15, -0.1) is 0 Å². The Balaban J connectivity index is 2.03. The van der Waals surface area contributed by atoms with E-state index in [0.717, 1.165) is 12.8 Å². The van der Waals surface area contributed by atoms with Crippen LogP contribution in [0.2, 0.25) is 0 Å². The van der Waals surface area contributed by atoms with Gasteiger partial charge in [-0.1, -0.05) is 0 Å². The van der Waals surface area contributed by atoms with Crippen LogP contribution < -0.4 is 0 Å². The molecule has 4 heteroatoms. The van der Waals surface area contributed by atoms with E-state index < -0.39 is 0 Å². The normalized spacial score (nSPS) is 47.6. The van der Waals surface area contributed by atoms with E-state index in [-0.39, 0.29) is 35.9 Å². The Bertz CT molecular complexity index is 273. The topological polar surface area (TPSA) is 46.6 Å². The monoisotopic (exact) mass is 181 g/mol. The lowest BCUT2D eigenvalue weighted by Crippen LogP contribution is -2.30. The van der Waals surface area contributed by atoms with Gasteiger partial charge in [0.1, 0.15) is 0 Å². The van der Waals surface area contributed by atoms with Gasteiger partial charge in [0.25, 0.3) is 0 Å². The summed E-state index contributed by atoms with van der Waals surface area (Å²) in [5.41, 5.74) is 0. The molecule has 13 heavy (non-hydrogen) atoms. The van der Waals surface area contributed by atoms with Gasteiger partial charge in [0.05, 0.1) is 24.0 Å². The Morgan fingerprint density at radius 3 is 2.08 bits per heavy atom. The first-order valence-electron chi connectivity index (χ1n) is 4.67. The number of rotatable bonds is 0. The van der Waals surface area contributed by atoms with E-state index in [0.29, 0.717) is 0 Å². The summed E-state index contributed by atoms with van der Waals surface area (Å²) < 4.78 is 5.56. The van der Waals surface area contributed by atoms with Gasteiger partial charge in [-0.2, -0.15) is 0 Å². The molecule has 0 spiro atoms. The maximum absolute atomic E-state index is 11.6. The number of imide groups is 1. The van der Waals surface area contributed by atoms with Crippen LogP contribution in [0.5, 0.6) is 0 Å². The summed E-state index contributed by atoms with van der Waals surface area (Å²) in [6.45, 7) is 0. The van der Waals surface area contributed by atoms with Crippen LogP contribution >= 0.6 is 0 Å². The molecule has 0 saturated carbocycles. The Hall–Kier alpha value is -0.900. The standard InChI is InChI=1S/C9H11NO3/c1-10-8(11)6-4-2-3-5(13-4)7(6)9(10)12/h4-7H,2-3H2,1H3/t4-,5-,6+,7+/m1/s1. The van der Waals surface area contributed by atoms with Crippen LogP contribution in [0.25, 0.3) is 0 Å². The third kappa shape index (κ3) is 0.705. The molecule has 4 nitrogen and oxygen atoms in total. The smallest absolute Gasteiger partial charge is 0.235 e. The second-order valence-corrected chi connectivity index (χ2v) is 4.08. The Morgan fingerprint density at radius 2 is 1.62 bits per heavy atom. The molecule has 0 radical (unpaired) electrons. The maximum atomic E-state index is 11.6. The fraction of sp³-hybridized carbons (Fsp3) is 0.778. The van der Waals surface area contributed by atoms with Crippen LogP contribution in [0, 0.1) is 11.8 Å². The van der Waals surface area contributed by atoms with E-state index in [1.165, 1.54) is 4.90 Å². The molecule has 3 heterocycles. The Kier molecular flexibility index (Phi) is 1.22. The van der Waals surface area contributed by atoms with Crippen molar-refractivity contribution in [3.05, 3.63) is 0 Å². The summed E-state index contributed by atoms with van der Waals surface area (Å²) in [6, 6.07) is 0. The molecule has 2 amide bonds. The Labute approximate surface area is 75.8 Å². The molecule has 0 unspecified atom stereocenters. The van der Waals surface area contributed by atoms with Gasteiger partial charge in [-0.25, -0.2) is 0 Å². The second kappa shape index (κ2) is 2.12. The molecule has 0 N–H and O–H groups in total. The zero-order chi connectivity index (χ0) is 9.16. The van der Waals surface area contributed by atoms with Crippen molar-refractivity contribution in [1.82, 2.24) is 4.90 Å². The van der Waals surface area contributed by atoms with Crippen molar-refractivity contribution >= 4 is 11.8 Å². The van der Waals surface area contributed by atoms with Gasteiger partial charge in [-0.05, 0) is 12.8 Å². The first-order chi connectivity index (χ1) is 6.20. The SMILES string of the molecule is CN1C(=O)[C@@H]2[C@@H](C1=O)[C@H]1CC[C@H]2O1. The van der Waals surface area contributed by atoms with Crippen molar-refractivity contribution in [1.29, 1.82) is 0 Å². The van der Waals surface area contributed by atoms with Crippen LogP contribution in [0.1, 0.15) is 12.8 Å². The van der Waals surface area contributed by atoms with Crippen molar-refractivity contribution in [3.8, 4) is 0 Å². The lowest BCUT2D eigenvalue weighted by Gasteiger charge is -2.15. The number of amides is 2. The van der Waals surface area contributed by atoms with Crippen LogP contribution in [0.4, 0.5) is 0 Å². The summed E-state index contributed by atoms with van der Waals surface area (Å²) >= 11 is 0. The minimum atomic E-state index is -0.156. The van der Waals surface area contributed by atoms with Crippen molar-refractivity contribution in [2.24, 2.45) is 11.8 Å². The molecule has 3 rings (SSSR count). The summed E-state index contributed by atoms with van der Waals surface area (Å²) in [5, 5.41) is 0. The van der Waals surface area contributed by atoms with Gasteiger partial charge in [0, 0.05) is 7.05 Å². The molecule has 4 atom stereocenters. The van der Waals surface area contributed by atoms with E-state index >= 15 is 0 Å². The number of ether oxygens (including phenoxy) is 1. The largest absolute Gasteiger partial charge is 0.373 e. The molecular weight excluding hydrogens is 170 g/mol. The van der Waals surface area contributed by atoms with E-state index in [9.17, 15) is 9.59 Å². The summed E-state index contributed by atoms with van der Waals surface area (Å²) in [6.07, 6.45) is 1.94. The van der Waals surface area contributed by atoms with Crippen molar-refractivity contribution in [3.63, 3.8) is 0 Å². The van der Waals surface area contributed by atoms with Gasteiger partial charge in [0.2, 0.25) is 11.8 Å². The molecule has 0 aromatic carbocycles. The highest BCUT2D eigenvalue weighted by Gasteiger charge is 2.61. The highest BCUT2D eigenvalue weighted by Crippen LogP contribution is 2.47. The molecule has 0 aliphatic carbocycles. The van der Waals surface area contributed by atoms with Crippen LogP contribution in [-0.4, -0.2) is 36.0 Å². The van der Waals surface area contributed by atoms with Crippen LogP contribution in [-0.2, 0) is 14.3 Å². The number of hydrogen-bond donors (Lipinski definition) is 0. The molecule has 3 fully saturated rings. The molecule has 0 aromatic rings. The first kappa shape index (κ1) is 7.50. The third-order valence-corrected chi connectivity index (χ3v) is 3.50. The van der Waals surface area contributed by atoms with E-state index in [2.05, 4.69) is 0 Å².